The Balaban J connectivity index is 2.07. The van der Waals surface area contributed by atoms with E-state index in [0.717, 1.165) is 37.6 Å². The molecule has 0 aromatic carbocycles. The van der Waals surface area contributed by atoms with Crippen LogP contribution in [0, 0.1) is 0 Å². The molecule has 4 heteroatoms. The van der Waals surface area contributed by atoms with Gasteiger partial charge in [-0.3, -0.25) is 4.90 Å². The minimum atomic E-state index is -0.586. The van der Waals surface area contributed by atoms with Gasteiger partial charge in [-0.1, -0.05) is 11.2 Å². The zero-order valence-electron chi connectivity index (χ0n) is 6.62. The van der Waals surface area contributed by atoms with Crippen LogP contribution in [0.4, 0.5) is 0 Å². The van der Waals surface area contributed by atoms with Crippen LogP contribution in [0.1, 0.15) is 6.42 Å². The van der Waals surface area contributed by atoms with E-state index >= 15 is 0 Å². The van der Waals surface area contributed by atoms with Crippen molar-refractivity contribution in [2.75, 3.05) is 37.7 Å². The van der Waals surface area contributed by atoms with E-state index in [4.69, 9.17) is 0 Å². The molecule has 1 aliphatic heterocycles. The molecule has 1 saturated heterocycles. The summed E-state index contributed by atoms with van der Waals surface area (Å²) < 4.78 is 10.9. The second kappa shape index (κ2) is 4.98. The van der Waals surface area contributed by atoms with E-state index in [1.54, 1.807) is 0 Å². The summed E-state index contributed by atoms with van der Waals surface area (Å²) in [5.41, 5.74) is 0. The first kappa shape index (κ1) is 9.32. The van der Waals surface area contributed by atoms with E-state index in [9.17, 15) is 9.66 Å². The summed E-state index contributed by atoms with van der Waals surface area (Å²) in [6, 6.07) is 0. The minimum absolute atomic E-state index is 0.0135. The van der Waals surface area contributed by atoms with E-state index in [1.165, 1.54) is 0 Å². The van der Waals surface area contributed by atoms with Crippen molar-refractivity contribution in [1.82, 2.24) is 4.90 Å². The highest BCUT2D eigenvalue weighted by molar-refractivity contribution is 7.91. The van der Waals surface area contributed by atoms with Crippen LogP contribution in [-0.2, 0) is 16.3 Å². The van der Waals surface area contributed by atoms with Gasteiger partial charge in [-0.2, -0.15) is 0 Å². The Morgan fingerprint density at radius 2 is 2.00 bits per heavy atom. The van der Waals surface area contributed by atoms with Gasteiger partial charge in [0.2, 0.25) is 0 Å². The van der Waals surface area contributed by atoms with Gasteiger partial charge in [0.1, 0.15) is 11.5 Å². The van der Waals surface area contributed by atoms with Crippen LogP contribution in [0.25, 0.3) is 0 Å². The van der Waals surface area contributed by atoms with Gasteiger partial charge in [0, 0.05) is 19.6 Å². The first-order valence-electron chi connectivity index (χ1n) is 3.98. The normalized spacial score (nSPS) is 22.4. The van der Waals surface area contributed by atoms with Gasteiger partial charge in [-0.15, -0.1) is 0 Å². The Morgan fingerprint density at radius 1 is 1.36 bits per heavy atom. The van der Waals surface area contributed by atoms with Gasteiger partial charge in [0.25, 0.3) is 0 Å². The molecule has 11 heavy (non-hydrogen) atoms. The van der Waals surface area contributed by atoms with Gasteiger partial charge in [0.15, 0.2) is 0 Å². The fraction of sp³-hybridized carbons (Fsp3) is 1.00. The number of rotatable bonds is 3. The molecule has 0 aromatic rings. The van der Waals surface area contributed by atoms with E-state index in [1.807, 2.05) is 0 Å². The topological polar surface area (TPSA) is 46.2 Å². The maximum absolute atomic E-state index is 10.9. The maximum atomic E-state index is 10.9. The maximum Gasteiger partial charge on any atom is 0.118 e. The number of nitrogens with zero attached hydrogens (tertiary/aromatic N) is 1. The first-order chi connectivity index (χ1) is 5.33. The molecule has 1 aliphatic rings. The molecule has 0 N–H and O–H groups in total. The smallest absolute Gasteiger partial charge is 0.118 e. The third-order valence-electron chi connectivity index (χ3n) is 1.89. The largest absolute Gasteiger partial charge is 0.616 e. The lowest BCUT2D eigenvalue weighted by molar-refractivity contribution is 0.168. The lowest BCUT2D eigenvalue weighted by Crippen LogP contribution is -2.40. The predicted octanol–water partition coefficient (Wildman–Crippen LogP) is -0.129. The summed E-state index contributed by atoms with van der Waals surface area (Å²) in [7, 11) is 0. The predicted molar refractivity (Wildman–Crippen MR) is 44.5 cm³/mol. The second-order valence-corrected chi connectivity index (χ2v) is 4.44. The Morgan fingerprint density at radius 3 is 2.55 bits per heavy atom. The van der Waals surface area contributed by atoms with Crippen LogP contribution >= 0.6 is 0 Å². The molecule has 0 saturated carbocycles. The van der Waals surface area contributed by atoms with Gasteiger partial charge in [0.05, 0.1) is 6.61 Å². The van der Waals surface area contributed by atoms with Crippen molar-refractivity contribution in [3.63, 3.8) is 0 Å². The second-order valence-electron chi connectivity index (χ2n) is 2.75. The average Bonchev–Trinajstić information content (AvgIpc) is 2.04. The molecule has 1 rings (SSSR count). The van der Waals surface area contributed by atoms with Crippen molar-refractivity contribution in [3.05, 3.63) is 0 Å². The molecular formula is C7H14NO2S. The van der Waals surface area contributed by atoms with Crippen LogP contribution in [0.15, 0.2) is 0 Å². The van der Waals surface area contributed by atoms with Crippen molar-refractivity contribution < 1.29 is 9.66 Å². The zero-order chi connectivity index (χ0) is 8.10. The van der Waals surface area contributed by atoms with Crippen molar-refractivity contribution in [3.8, 4) is 0 Å². The summed E-state index contributed by atoms with van der Waals surface area (Å²) in [6.07, 6.45) is 0.729. The van der Waals surface area contributed by atoms with Gasteiger partial charge >= 0.3 is 0 Å². The molecule has 1 radical (unpaired) electrons. The number of hydrogen-bond donors (Lipinski definition) is 0. The standard InChI is InChI=1S/C7H14NO2S/c9-5-1-2-8-3-6-11(10)7-4-8/h1-7H2. The van der Waals surface area contributed by atoms with Crippen LogP contribution < -0.4 is 0 Å². The van der Waals surface area contributed by atoms with Crippen molar-refractivity contribution in [2.24, 2.45) is 0 Å². The molecule has 0 aromatic heterocycles. The molecule has 0 atom stereocenters. The Bertz CT molecular complexity index is 102. The van der Waals surface area contributed by atoms with Crippen LogP contribution in [0.2, 0.25) is 0 Å². The third-order valence-corrected chi connectivity index (χ3v) is 3.16. The first-order valence-corrected chi connectivity index (χ1v) is 5.47. The summed E-state index contributed by atoms with van der Waals surface area (Å²) >= 11 is -0.586. The minimum Gasteiger partial charge on any atom is -0.616 e. The fourth-order valence-corrected chi connectivity index (χ4v) is 2.32. The van der Waals surface area contributed by atoms with Gasteiger partial charge < -0.3 is 4.55 Å². The number of hydrogen-bond acceptors (Lipinski definition) is 2. The lowest BCUT2D eigenvalue weighted by atomic mass is 10.4. The van der Waals surface area contributed by atoms with Crippen LogP contribution in [-0.4, -0.2) is 47.2 Å². The van der Waals surface area contributed by atoms with Crippen molar-refractivity contribution >= 4 is 11.2 Å². The molecule has 1 fully saturated rings. The Hall–Kier alpha value is 0.230. The van der Waals surface area contributed by atoms with E-state index < -0.39 is 11.2 Å². The average molecular weight is 176 g/mol. The van der Waals surface area contributed by atoms with E-state index in [2.05, 4.69) is 4.90 Å². The summed E-state index contributed by atoms with van der Waals surface area (Å²) in [6.45, 7) is 2.72. The molecule has 3 nitrogen and oxygen atoms in total. The van der Waals surface area contributed by atoms with E-state index in [-0.39, 0.29) is 6.61 Å². The highest BCUT2D eigenvalue weighted by Gasteiger charge is 2.18. The molecular weight excluding hydrogens is 162 g/mol. The van der Waals surface area contributed by atoms with Gasteiger partial charge in [-0.25, -0.2) is 5.11 Å². The monoisotopic (exact) mass is 176 g/mol. The quantitative estimate of drug-likeness (QED) is 0.562. The lowest BCUT2D eigenvalue weighted by Gasteiger charge is -2.27. The molecule has 0 amide bonds. The molecule has 0 aliphatic carbocycles. The van der Waals surface area contributed by atoms with Crippen LogP contribution in [0.5, 0.6) is 0 Å². The highest BCUT2D eigenvalue weighted by atomic mass is 32.2. The summed E-state index contributed by atoms with van der Waals surface area (Å²) in [4.78, 5) is 2.22. The van der Waals surface area contributed by atoms with Crippen molar-refractivity contribution in [2.45, 2.75) is 6.42 Å². The molecule has 0 bridgehead atoms. The molecule has 1 heterocycles. The molecule has 65 valence electrons. The fourth-order valence-electron chi connectivity index (χ4n) is 1.19. The molecule has 0 spiro atoms. The SMILES string of the molecule is [O]CCCN1CC[S+]([O-])CC1. The Kier molecular flexibility index (Phi) is 4.22. The third kappa shape index (κ3) is 3.42. The van der Waals surface area contributed by atoms with Crippen LogP contribution in [0.3, 0.4) is 0 Å². The zero-order valence-corrected chi connectivity index (χ0v) is 7.44. The van der Waals surface area contributed by atoms with Gasteiger partial charge in [-0.05, 0) is 6.42 Å². The molecule has 0 unspecified atom stereocenters. The highest BCUT2D eigenvalue weighted by Crippen LogP contribution is 2.03. The summed E-state index contributed by atoms with van der Waals surface area (Å²) in [5, 5.41) is 10.2. The van der Waals surface area contributed by atoms with Crippen molar-refractivity contribution in [1.29, 1.82) is 0 Å². The summed E-state index contributed by atoms with van der Waals surface area (Å²) in [5.74, 6) is 1.58. The van der Waals surface area contributed by atoms with E-state index in [0.29, 0.717) is 0 Å². The Labute approximate surface area is 70.6 Å².